The Morgan fingerprint density at radius 1 is 1.29 bits per heavy atom. The first-order chi connectivity index (χ1) is 6.36. The second kappa shape index (κ2) is 3.77. The van der Waals surface area contributed by atoms with Gasteiger partial charge in [0.05, 0.1) is 10.6 Å². The Morgan fingerprint density at radius 3 is 2.29 bits per heavy atom. The predicted molar refractivity (Wildman–Crippen MR) is 45.8 cm³/mol. The first kappa shape index (κ1) is 11.3. The molecule has 0 heterocycles. The third-order valence-electron chi connectivity index (χ3n) is 1.81. The van der Waals surface area contributed by atoms with Crippen LogP contribution in [0.4, 0.5) is 17.6 Å². The van der Waals surface area contributed by atoms with E-state index in [4.69, 9.17) is 11.6 Å². The summed E-state index contributed by atoms with van der Waals surface area (Å²) in [7, 11) is 0. The van der Waals surface area contributed by atoms with Gasteiger partial charge < -0.3 is 0 Å². The van der Waals surface area contributed by atoms with Gasteiger partial charge in [-0.2, -0.15) is 13.2 Å². The first-order valence-electron chi connectivity index (χ1n) is 3.91. The summed E-state index contributed by atoms with van der Waals surface area (Å²) >= 11 is 5.33. The topological polar surface area (TPSA) is 0 Å². The molecule has 0 unspecified atom stereocenters. The molecule has 0 saturated carbocycles. The van der Waals surface area contributed by atoms with Crippen LogP contribution in [0.3, 0.4) is 0 Å². The van der Waals surface area contributed by atoms with Crippen LogP contribution in [0.2, 0.25) is 5.02 Å². The van der Waals surface area contributed by atoms with E-state index in [2.05, 4.69) is 0 Å². The first-order valence-corrected chi connectivity index (χ1v) is 4.29. The van der Waals surface area contributed by atoms with E-state index in [0.29, 0.717) is 6.07 Å². The fraction of sp³-hybridized carbons (Fsp3) is 0.333. The van der Waals surface area contributed by atoms with Crippen molar-refractivity contribution in [2.75, 3.05) is 0 Å². The van der Waals surface area contributed by atoms with Crippen LogP contribution in [-0.4, -0.2) is 0 Å². The van der Waals surface area contributed by atoms with Crippen molar-refractivity contribution in [3.05, 3.63) is 34.1 Å². The maximum atomic E-state index is 13.1. The molecule has 0 spiro atoms. The molecule has 78 valence electrons. The summed E-state index contributed by atoms with van der Waals surface area (Å²) in [4.78, 5) is 0. The van der Waals surface area contributed by atoms with E-state index in [0.717, 1.165) is 6.07 Å². The quantitative estimate of drug-likeness (QED) is 0.634. The van der Waals surface area contributed by atoms with Gasteiger partial charge in [-0.25, -0.2) is 4.39 Å². The van der Waals surface area contributed by atoms with Crippen molar-refractivity contribution >= 4 is 11.6 Å². The Morgan fingerprint density at radius 2 is 1.86 bits per heavy atom. The number of halogens is 5. The molecule has 1 aromatic carbocycles. The molecule has 0 nitrogen and oxygen atoms in total. The molecule has 0 amide bonds. The third-order valence-corrected chi connectivity index (χ3v) is 2.09. The van der Waals surface area contributed by atoms with E-state index < -0.39 is 22.6 Å². The molecular formula is C9H7ClF4. The Balaban J connectivity index is 3.30. The van der Waals surface area contributed by atoms with Crippen LogP contribution >= 0.6 is 11.6 Å². The SMILES string of the molecule is CCc1cc(C(F)(F)F)cc(Cl)c1F. The molecule has 0 aromatic heterocycles. The monoisotopic (exact) mass is 226 g/mol. The maximum absolute atomic E-state index is 13.1. The number of benzene rings is 1. The standard InChI is InChI=1S/C9H7ClF4/c1-2-5-3-6(9(12,13)14)4-7(10)8(5)11/h3-4H,2H2,1H3. The van der Waals surface area contributed by atoms with Crippen molar-refractivity contribution in [1.82, 2.24) is 0 Å². The molecule has 0 atom stereocenters. The number of hydrogen-bond donors (Lipinski definition) is 0. The summed E-state index contributed by atoms with van der Waals surface area (Å²) in [6.07, 6.45) is -4.31. The van der Waals surface area contributed by atoms with Gasteiger partial charge in [-0.1, -0.05) is 18.5 Å². The molecule has 0 aliphatic carbocycles. The lowest BCUT2D eigenvalue weighted by Gasteiger charge is -2.10. The summed E-state index contributed by atoms with van der Waals surface area (Å²) in [5, 5.41) is -0.489. The molecule has 0 aliphatic heterocycles. The molecule has 14 heavy (non-hydrogen) atoms. The average molecular weight is 227 g/mol. The summed E-state index contributed by atoms with van der Waals surface area (Å²) in [5.74, 6) is -0.776. The highest BCUT2D eigenvalue weighted by Gasteiger charge is 2.31. The normalized spacial score (nSPS) is 11.9. The fourth-order valence-corrected chi connectivity index (χ4v) is 1.31. The third kappa shape index (κ3) is 2.18. The summed E-state index contributed by atoms with van der Waals surface area (Å²) in [6, 6.07) is 1.37. The van der Waals surface area contributed by atoms with E-state index in [1.807, 2.05) is 0 Å². The average Bonchev–Trinajstić information content (AvgIpc) is 2.07. The molecular weight excluding hydrogens is 220 g/mol. The summed E-state index contributed by atoms with van der Waals surface area (Å²) in [5.41, 5.74) is -0.939. The van der Waals surface area contributed by atoms with Crippen molar-refractivity contribution in [2.45, 2.75) is 19.5 Å². The summed E-state index contributed by atoms with van der Waals surface area (Å²) < 4.78 is 49.8. The minimum Gasteiger partial charge on any atom is -0.205 e. The lowest BCUT2D eigenvalue weighted by Crippen LogP contribution is -2.06. The van der Waals surface area contributed by atoms with Gasteiger partial charge in [0.15, 0.2) is 0 Å². The highest BCUT2D eigenvalue weighted by Crippen LogP contribution is 2.33. The van der Waals surface area contributed by atoms with Crippen molar-refractivity contribution < 1.29 is 17.6 Å². The van der Waals surface area contributed by atoms with Crippen LogP contribution in [0.1, 0.15) is 18.1 Å². The van der Waals surface area contributed by atoms with Crippen molar-refractivity contribution in [2.24, 2.45) is 0 Å². The van der Waals surface area contributed by atoms with E-state index in [-0.39, 0.29) is 12.0 Å². The van der Waals surface area contributed by atoms with Gasteiger partial charge in [-0.3, -0.25) is 0 Å². The molecule has 0 saturated heterocycles. The van der Waals surface area contributed by atoms with E-state index >= 15 is 0 Å². The van der Waals surface area contributed by atoms with E-state index in [9.17, 15) is 17.6 Å². The largest absolute Gasteiger partial charge is 0.416 e. The van der Waals surface area contributed by atoms with Crippen molar-refractivity contribution in [3.8, 4) is 0 Å². The van der Waals surface area contributed by atoms with Crippen LogP contribution in [0.15, 0.2) is 12.1 Å². The second-order valence-electron chi connectivity index (χ2n) is 2.78. The van der Waals surface area contributed by atoms with Crippen molar-refractivity contribution in [1.29, 1.82) is 0 Å². The number of aryl methyl sites for hydroxylation is 1. The van der Waals surface area contributed by atoms with Gasteiger partial charge in [-0.15, -0.1) is 0 Å². The molecule has 1 rings (SSSR count). The van der Waals surface area contributed by atoms with Crippen LogP contribution in [0, 0.1) is 5.82 Å². The molecule has 0 bridgehead atoms. The van der Waals surface area contributed by atoms with Gasteiger partial charge in [0.2, 0.25) is 0 Å². The molecule has 0 radical (unpaired) electrons. The zero-order chi connectivity index (χ0) is 10.9. The van der Waals surface area contributed by atoms with Crippen molar-refractivity contribution in [3.63, 3.8) is 0 Å². The molecule has 5 heteroatoms. The van der Waals surface area contributed by atoms with Crippen LogP contribution < -0.4 is 0 Å². The Kier molecular flexibility index (Phi) is 3.04. The van der Waals surface area contributed by atoms with Crippen LogP contribution in [0.5, 0.6) is 0 Å². The Bertz CT molecular complexity index is 343. The fourth-order valence-electron chi connectivity index (χ4n) is 1.07. The lowest BCUT2D eigenvalue weighted by atomic mass is 10.1. The number of rotatable bonds is 1. The van der Waals surface area contributed by atoms with E-state index in [1.165, 1.54) is 0 Å². The van der Waals surface area contributed by atoms with E-state index in [1.54, 1.807) is 6.92 Å². The van der Waals surface area contributed by atoms with Gasteiger partial charge >= 0.3 is 6.18 Å². The maximum Gasteiger partial charge on any atom is 0.416 e. The molecule has 1 aromatic rings. The number of hydrogen-bond acceptors (Lipinski definition) is 0. The predicted octanol–water partition coefficient (Wildman–Crippen LogP) is 4.06. The van der Waals surface area contributed by atoms with Gasteiger partial charge in [-0.05, 0) is 24.1 Å². The van der Waals surface area contributed by atoms with Gasteiger partial charge in [0.1, 0.15) is 5.82 Å². The Hall–Kier alpha value is -0.770. The highest BCUT2D eigenvalue weighted by molar-refractivity contribution is 6.30. The smallest absolute Gasteiger partial charge is 0.205 e. The summed E-state index contributed by atoms with van der Waals surface area (Å²) in [6.45, 7) is 1.56. The Labute approximate surface area is 83.5 Å². The minimum absolute atomic E-state index is 0.0233. The minimum atomic E-state index is -4.48. The molecule has 0 fully saturated rings. The van der Waals surface area contributed by atoms with Gasteiger partial charge in [0, 0.05) is 0 Å². The molecule has 0 aliphatic rings. The van der Waals surface area contributed by atoms with Crippen LogP contribution in [0.25, 0.3) is 0 Å². The second-order valence-corrected chi connectivity index (χ2v) is 3.19. The number of alkyl halides is 3. The zero-order valence-electron chi connectivity index (χ0n) is 7.25. The lowest BCUT2D eigenvalue weighted by molar-refractivity contribution is -0.137. The zero-order valence-corrected chi connectivity index (χ0v) is 8.01. The van der Waals surface area contributed by atoms with Crippen LogP contribution in [-0.2, 0) is 12.6 Å². The molecule has 0 N–H and O–H groups in total. The highest BCUT2D eigenvalue weighted by atomic mass is 35.5. The van der Waals surface area contributed by atoms with Gasteiger partial charge in [0.25, 0.3) is 0 Å².